The van der Waals surface area contributed by atoms with Crippen LogP contribution in [0.5, 0.6) is 11.5 Å². The zero-order valence-corrected chi connectivity index (χ0v) is 15.2. The first kappa shape index (κ1) is 19.0. The number of ether oxygens (including phenoxy) is 2. The van der Waals surface area contributed by atoms with Crippen LogP contribution in [0.4, 0.5) is 0 Å². The van der Waals surface area contributed by atoms with E-state index in [9.17, 15) is 4.79 Å². The number of nitrogens with one attached hydrogen (secondary N) is 1. The van der Waals surface area contributed by atoms with Gasteiger partial charge in [0.1, 0.15) is 0 Å². The van der Waals surface area contributed by atoms with Gasteiger partial charge in [-0.25, -0.2) is 0 Å². The maximum absolute atomic E-state index is 11.9. The summed E-state index contributed by atoms with van der Waals surface area (Å²) in [5, 5.41) is 11.9. The number of hydrogen-bond acceptors (Lipinski definition) is 5. The van der Waals surface area contributed by atoms with Crippen molar-refractivity contribution in [2.24, 2.45) is 0 Å². The monoisotopic (exact) mass is 376 g/mol. The van der Waals surface area contributed by atoms with E-state index in [4.69, 9.17) is 26.3 Å². The van der Waals surface area contributed by atoms with Gasteiger partial charge in [-0.05, 0) is 18.2 Å². The quantitative estimate of drug-likeness (QED) is 0.564. The largest absolute Gasteiger partial charge is 0.493 e. The minimum absolute atomic E-state index is 0.183. The molecule has 0 saturated heterocycles. The molecule has 0 bridgehead atoms. The van der Waals surface area contributed by atoms with Crippen LogP contribution in [0.1, 0.15) is 5.56 Å². The summed E-state index contributed by atoms with van der Waals surface area (Å²) >= 11 is 7.74. The second kappa shape index (κ2) is 9.82. The molecule has 2 rings (SSSR count). The van der Waals surface area contributed by atoms with E-state index >= 15 is 0 Å². The average Bonchev–Trinajstić information content (AvgIpc) is 2.64. The van der Waals surface area contributed by atoms with Crippen LogP contribution in [-0.4, -0.2) is 31.9 Å². The zero-order chi connectivity index (χ0) is 18.1. The number of carbonyl (C=O) groups excluding carboxylic acids is 1. The highest BCUT2D eigenvalue weighted by Crippen LogP contribution is 2.36. The van der Waals surface area contributed by atoms with Gasteiger partial charge < -0.3 is 14.8 Å². The van der Waals surface area contributed by atoms with E-state index in [2.05, 4.69) is 5.32 Å². The SMILES string of the molecule is COc1cc(C#N)cc(Cl)c1OCC(=O)NCCSc1ccccc1. The van der Waals surface area contributed by atoms with E-state index in [0.29, 0.717) is 17.9 Å². The Bertz CT molecular complexity index is 763. The molecular formula is C18H17ClN2O3S. The van der Waals surface area contributed by atoms with Crippen LogP contribution >= 0.6 is 23.4 Å². The van der Waals surface area contributed by atoms with Crippen LogP contribution in [0.15, 0.2) is 47.4 Å². The van der Waals surface area contributed by atoms with E-state index in [0.717, 1.165) is 10.6 Å². The first-order chi connectivity index (χ1) is 12.1. The zero-order valence-electron chi connectivity index (χ0n) is 13.6. The molecule has 2 aromatic carbocycles. The molecule has 0 fully saturated rings. The number of halogens is 1. The normalized spacial score (nSPS) is 9.96. The topological polar surface area (TPSA) is 71.3 Å². The fourth-order valence-electron chi connectivity index (χ4n) is 1.99. The molecule has 0 aromatic heterocycles. The molecule has 130 valence electrons. The number of nitriles is 1. The minimum Gasteiger partial charge on any atom is -0.493 e. The van der Waals surface area contributed by atoms with Crippen LogP contribution in [0, 0.1) is 11.3 Å². The second-order valence-electron chi connectivity index (χ2n) is 4.90. The first-order valence-corrected chi connectivity index (χ1v) is 8.85. The van der Waals surface area contributed by atoms with Crippen LogP contribution in [0.25, 0.3) is 0 Å². The average molecular weight is 377 g/mol. The fraction of sp³-hybridized carbons (Fsp3) is 0.222. The van der Waals surface area contributed by atoms with Crippen molar-refractivity contribution < 1.29 is 14.3 Å². The molecule has 0 atom stereocenters. The summed E-state index contributed by atoms with van der Waals surface area (Å²) < 4.78 is 10.6. The van der Waals surface area contributed by atoms with Crippen molar-refractivity contribution in [3.05, 3.63) is 53.1 Å². The number of thioether (sulfide) groups is 1. The van der Waals surface area contributed by atoms with E-state index in [1.807, 2.05) is 36.4 Å². The molecule has 0 aliphatic carbocycles. The Balaban J connectivity index is 1.79. The number of methoxy groups -OCH3 is 1. The lowest BCUT2D eigenvalue weighted by atomic mass is 10.2. The first-order valence-electron chi connectivity index (χ1n) is 7.49. The third-order valence-electron chi connectivity index (χ3n) is 3.14. The van der Waals surface area contributed by atoms with Gasteiger partial charge in [0, 0.05) is 23.3 Å². The number of carbonyl (C=O) groups is 1. The Morgan fingerprint density at radius 3 is 2.76 bits per heavy atom. The molecule has 1 N–H and O–H groups in total. The van der Waals surface area contributed by atoms with Crippen molar-refractivity contribution in [2.75, 3.05) is 26.0 Å². The second-order valence-corrected chi connectivity index (χ2v) is 6.48. The molecule has 0 aliphatic heterocycles. The summed E-state index contributed by atoms with van der Waals surface area (Å²) in [6.07, 6.45) is 0. The van der Waals surface area contributed by atoms with Gasteiger partial charge in [-0.15, -0.1) is 11.8 Å². The molecule has 2 aromatic rings. The number of benzene rings is 2. The van der Waals surface area contributed by atoms with Gasteiger partial charge in [-0.3, -0.25) is 4.79 Å². The van der Waals surface area contributed by atoms with Gasteiger partial charge in [0.05, 0.1) is 23.8 Å². The Kier molecular flexibility index (Phi) is 7.45. The van der Waals surface area contributed by atoms with Crippen molar-refractivity contribution >= 4 is 29.3 Å². The Morgan fingerprint density at radius 1 is 1.32 bits per heavy atom. The summed E-state index contributed by atoms with van der Waals surface area (Å²) in [6, 6.07) is 14.9. The summed E-state index contributed by atoms with van der Waals surface area (Å²) in [5.74, 6) is 1.07. The number of amides is 1. The van der Waals surface area contributed by atoms with Gasteiger partial charge in [0.25, 0.3) is 5.91 Å². The molecule has 25 heavy (non-hydrogen) atoms. The van der Waals surface area contributed by atoms with Crippen molar-refractivity contribution in [2.45, 2.75) is 4.90 Å². The van der Waals surface area contributed by atoms with Crippen molar-refractivity contribution in [1.82, 2.24) is 5.32 Å². The molecule has 0 radical (unpaired) electrons. The molecule has 0 saturated carbocycles. The smallest absolute Gasteiger partial charge is 0.257 e. The Hall–Kier alpha value is -2.36. The fourth-order valence-corrected chi connectivity index (χ4v) is 3.04. The lowest BCUT2D eigenvalue weighted by Crippen LogP contribution is -2.30. The molecule has 7 heteroatoms. The Labute approximate surface area is 155 Å². The number of nitrogens with zero attached hydrogens (tertiary/aromatic N) is 1. The third-order valence-corrected chi connectivity index (χ3v) is 4.44. The number of hydrogen-bond donors (Lipinski definition) is 1. The van der Waals surface area contributed by atoms with Crippen molar-refractivity contribution in [3.63, 3.8) is 0 Å². The summed E-state index contributed by atoms with van der Waals surface area (Å²) in [4.78, 5) is 13.0. The number of rotatable bonds is 8. The summed E-state index contributed by atoms with van der Waals surface area (Å²) in [6.45, 7) is 0.345. The van der Waals surface area contributed by atoms with Gasteiger partial charge >= 0.3 is 0 Å². The predicted molar refractivity (Wildman–Crippen MR) is 98.4 cm³/mol. The minimum atomic E-state index is -0.254. The Morgan fingerprint density at radius 2 is 2.08 bits per heavy atom. The molecule has 1 amide bonds. The lowest BCUT2D eigenvalue weighted by molar-refractivity contribution is -0.122. The van der Waals surface area contributed by atoms with Crippen LogP contribution in [0.2, 0.25) is 5.02 Å². The van der Waals surface area contributed by atoms with E-state index in [1.54, 1.807) is 11.8 Å². The van der Waals surface area contributed by atoms with Crippen LogP contribution in [0.3, 0.4) is 0 Å². The lowest BCUT2D eigenvalue weighted by Gasteiger charge is -2.12. The van der Waals surface area contributed by atoms with Gasteiger partial charge in [0.2, 0.25) is 0 Å². The summed E-state index contributed by atoms with van der Waals surface area (Å²) in [5.41, 5.74) is 0.358. The predicted octanol–water partition coefficient (Wildman–Crippen LogP) is 3.51. The van der Waals surface area contributed by atoms with E-state index < -0.39 is 0 Å². The van der Waals surface area contributed by atoms with Crippen molar-refractivity contribution in [1.29, 1.82) is 5.26 Å². The van der Waals surface area contributed by atoms with Crippen LogP contribution in [-0.2, 0) is 4.79 Å². The molecule has 5 nitrogen and oxygen atoms in total. The third kappa shape index (κ3) is 5.89. The van der Waals surface area contributed by atoms with Crippen LogP contribution < -0.4 is 14.8 Å². The molecule has 0 spiro atoms. The maximum Gasteiger partial charge on any atom is 0.257 e. The van der Waals surface area contributed by atoms with Gasteiger partial charge in [-0.2, -0.15) is 5.26 Å². The van der Waals surface area contributed by atoms with Crippen molar-refractivity contribution in [3.8, 4) is 17.6 Å². The van der Waals surface area contributed by atoms with E-state index in [-0.39, 0.29) is 23.3 Å². The molecule has 0 unspecified atom stereocenters. The summed E-state index contributed by atoms with van der Waals surface area (Å²) in [7, 11) is 1.44. The highest BCUT2D eigenvalue weighted by molar-refractivity contribution is 7.99. The highest BCUT2D eigenvalue weighted by atomic mass is 35.5. The standard InChI is InChI=1S/C18H17ClN2O3S/c1-23-16-10-13(11-20)9-15(19)18(16)24-12-17(22)21-7-8-25-14-5-3-2-4-6-14/h2-6,9-10H,7-8,12H2,1H3,(H,21,22). The highest BCUT2D eigenvalue weighted by Gasteiger charge is 2.13. The maximum atomic E-state index is 11.9. The van der Waals surface area contributed by atoms with Gasteiger partial charge in [-0.1, -0.05) is 29.8 Å². The molecule has 0 aliphatic rings. The molecule has 0 heterocycles. The van der Waals surface area contributed by atoms with E-state index in [1.165, 1.54) is 19.2 Å². The van der Waals surface area contributed by atoms with Gasteiger partial charge in [0.15, 0.2) is 18.1 Å². The molecular weight excluding hydrogens is 360 g/mol.